The molecule has 0 spiro atoms. The number of carbonyl (C=O) groups excluding carboxylic acids is 1. The number of nitrogens with zero attached hydrogens (tertiary/aromatic N) is 3. The van der Waals surface area contributed by atoms with E-state index in [1.165, 1.54) is 0 Å². The van der Waals surface area contributed by atoms with Gasteiger partial charge < -0.3 is 4.90 Å². The van der Waals surface area contributed by atoms with E-state index in [0.717, 1.165) is 0 Å². The molecule has 2 amide bonds. The van der Waals surface area contributed by atoms with Crippen LogP contribution >= 0.6 is 0 Å². The molecule has 1 atom stereocenters. The highest BCUT2D eigenvalue weighted by molar-refractivity contribution is 7.91. The predicted octanol–water partition coefficient (Wildman–Crippen LogP) is 0.461. The van der Waals surface area contributed by atoms with Crippen molar-refractivity contribution < 1.29 is 13.2 Å². The Balaban J connectivity index is 2.06. The van der Waals surface area contributed by atoms with Crippen LogP contribution in [0, 0.1) is 0 Å². The van der Waals surface area contributed by atoms with Crippen molar-refractivity contribution in [2.24, 2.45) is 7.05 Å². The third-order valence-corrected chi connectivity index (χ3v) is 5.06. The Bertz CT molecular complexity index is 566. The van der Waals surface area contributed by atoms with Crippen molar-refractivity contribution in [3.8, 4) is 0 Å². The second-order valence-electron chi connectivity index (χ2n) is 4.61. The fourth-order valence-electron chi connectivity index (χ4n) is 2.27. The summed E-state index contributed by atoms with van der Waals surface area (Å²) in [6.45, 7) is 2.32. The Morgan fingerprint density at radius 1 is 1.63 bits per heavy atom. The normalized spacial score (nSPS) is 21.3. The SMILES string of the molecule is CCN(C(=O)Nc1ccnn1C)C1CCS(=O)(=O)C1. The fraction of sp³-hybridized carbons (Fsp3) is 0.636. The van der Waals surface area contributed by atoms with Crippen LogP contribution in [0.2, 0.25) is 0 Å². The quantitative estimate of drug-likeness (QED) is 0.875. The number of hydrogen-bond donors (Lipinski definition) is 1. The summed E-state index contributed by atoms with van der Waals surface area (Å²) in [6, 6.07) is 1.17. The Hall–Kier alpha value is -1.57. The minimum Gasteiger partial charge on any atom is -0.321 e. The van der Waals surface area contributed by atoms with Gasteiger partial charge in [0.05, 0.1) is 17.7 Å². The molecule has 2 rings (SSSR count). The third kappa shape index (κ3) is 3.06. The second kappa shape index (κ2) is 5.20. The number of aromatic nitrogens is 2. The van der Waals surface area contributed by atoms with Crippen molar-refractivity contribution in [1.29, 1.82) is 0 Å². The van der Waals surface area contributed by atoms with Gasteiger partial charge in [0.2, 0.25) is 0 Å². The summed E-state index contributed by atoms with van der Waals surface area (Å²) < 4.78 is 24.5. The van der Waals surface area contributed by atoms with Crippen LogP contribution in [0.3, 0.4) is 0 Å². The van der Waals surface area contributed by atoms with Crippen LogP contribution in [-0.2, 0) is 16.9 Å². The Labute approximate surface area is 112 Å². The van der Waals surface area contributed by atoms with Crippen molar-refractivity contribution in [2.75, 3.05) is 23.4 Å². The van der Waals surface area contributed by atoms with Crippen LogP contribution in [0.15, 0.2) is 12.3 Å². The topological polar surface area (TPSA) is 84.3 Å². The number of urea groups is 1. The Morgan fingerprint density at radius 3 is 2.84 bits per heavy atom. The van der Waals surface area contributed by atoms with Gasteiger partial charge in [-0.25, -0.2) is 13.2 Å². The number of amides is 2. The van der Waals surface area contributed by atoms with Crippen molar-refractivity contribution in [2.45, 2.75) is 19.4 Å². The van der Waals surface area contributed by atoms with E-state index >= 15 is 0 Å². The molecule has 106 valence electrons. The molecule has 1 fully saturated rings. The maximum atomic E-state index is 12.2. The molecule has 0 bridgehead atoms. The van der Waals surface area contributed by atoms with Gasteiger partial charge in [0.1, 0.15) is 5.82 Å². The molecule has 1 aromatic rings. The van der Waals surface area contributed by atoms with Gasteiger partial charge in [-0.1, -0.05) is 0 Å². The average Bonchev–Trinajstić information content (AvgIpc) is 2.87. The van der Waals surface area contributed by atoms with E-state index < -0.39 is 9.84 Å². The molecule has 1 saturated heterocycles. The standard InChI is InChI=1S/C11H18N4O3S/c1-3-15(9-5-7-19(17,18)8-9)11(16)13-10-4-6-12-14(10)2/h4,6,9H,3,5,7-8H2,1-2H3,(H,13,16). The first-order chi connectivity index (χ1) is 8.93. The largest absolute Gasteiger partial charge is 0.323 e. The molecule has 7 nitrogen and oxygen atoms in total. The van der Waals surface area contributed by atoms with Crippen LogP contribution < -0.4 is 5.32 Å². The van der Waals surface area contributed by atoms with E-state index in [-0.39, 0.29) is 23.6 Å². The van der Waals surface area contributed by atoms with Gasteiger partial charge in [-0.2, -0.15) is 5.10 Å². The molecular formula is C11H18N4O3S. The molecule has 0 aliphatic carbocycles. The van der Waals surface area contributed by atoms with Crippen LogP contribution in [0.25, 0.3) is 0 Å². The van der Waals surface area contributed by atoms with Crippen molar-refractivity contribution >= 4 is 21.7 Å². The zero-order valence-corrected chi connectivity index (χ0v) is 11.9. The maximum Gasteiger partial charge on any atom is 0.323 e. The number of sulfone groups is 1. The summed E-state index contributed by atoms with van der Waals surface area (Å²) in [7, 11) is -1.27. The zero-order valence-electron chi connectivity index (χ0n) is 11.0. The summed E-state index contributed by atoms with van der Waals surface area (Å²) in [5.74, 6) is 0.802. The van der Waals surface area contributed by atoms with Gasteiger partial charge in [0.15, 0.2) is 9.84 Å². The van der Waals surface area contributed by atoms with E-state index in [9.17, 15) is 13.2 Å². The van der Waals surface area contributed by atoms with Gasteiger partial charge >= 0.3 is 6.03 Å². The zero-order chi connectivity index (χ0) is 14.0. The lowest BCUT2D eigenvalue weighted by Gasteiger charge is -2.26. The summed E-state index contributed by atoms with van der Waals surface area (Å²) in [5.41, 5.74) is 0. The molecule has 0 aromatic carbocycles. The number of aryl methyl sites for hydroxylation is 1. The molecule has 8 heteroatoms. The number of nitrogens with one attached hydrogen (secondary N) is 1. The van der Waals surface area contributed by atoms with Gasteiger partial charge in [-0.15, -0.1) is 0 Å². The summed E-state index contributed by atoms with van der Waals surface area (Å²) in [6.07, 6.45) is 2.10. The van der Waals surface area contributed by atoms with Crippen molar-refractivity contribution in [1.82, 2.24) is 14.7 Å². The molecular weight excluding hydrogens is 268 g/mol. The van der Waals surface area contributed by atoms with Gasteiger partial charge in [0.25, 0.3) is 0 Å². The predicted molar refractivity (Wildman–Crippen MR) is 71.7 cm³/mol. The van der Waals surface area contributed by atoms with E-state index in [1.54, 1.807) is 28.9 Å². The molecule has 1 aromatic heterocycles. The smallest absolute Gasteiger partial charge is 0.321 e. The lowest BCUT2D eigenvalue weighted by molar-refractivity contribution is 0.197. The summed E-state index contributed by atoms with van der Waals surface area (Å²) in [5, 5.41) is 6.70. The average molecular weight is 286 g/mol. The lowest BCUT2D eigenvalue weighted by Crippen LogP contribution is -2.43. The molecule has 19 heavy (non-hydrogen) atoms. The summed E-state index contributed by atoms with van der Waals surface area (Å²) in [4.78, 5) is 13.7. The highest BCUT2D eigenvalue weighted by Crippen LogP contribution is 2.18. The van der Waals surface area contributed by atoms with Crippen LogP contribution in [0.5, 0.6) is 0 Å². The first-order valence-electron chi connectivity index (χ1n) is 6.19. The van der Waals surface area contributed by atoms with E-state index in [2.05, 4.69) is 10.4 Å². The van der Waals surface area contributed by atoms with Gasteiger partial charge in [-0.3, -0.25) is 10.00 Å². The highest BCUT2D eigenvalue weighted by atomic mass is 32.2. The molecule has 1 aliphatic heterocycles. The minimum atomic E-state index is -2.99. The van der Waals surface area contributed by atoms with Crippen molar-refractivity contribution in [3.05, 3.63) is 12.3 Å². The first-order valence-corrected chi connectivity index (χ1v) is 8.01. The Kier molecular flexibility index (Phi) is 3.79. The van der Waals surface area contributed by atoms with Crippen LogP contribution in [-0.4, -0.2) is 53.2 Å². The number of hydrogen-bond acceptors (Lipinski definition) is 4. The van der Waals surface area contributed by atoms with E-state index in [1.807, 2.05) is 6.92 Å². The van der Waals surface area contributed by atoms with Gasteiger partial charge in [-0.05, 0) is 13.3 Å². The van der Waals surface area contributed by atoms with Crippen molar-refractivity contribution in [3.63, 3.8) is 0 Å². The molecule has 1 N–H and O–H groups in total. The molecule has 1 aliphatic rings. The molecule has 0 radical (unpaired) electrons. The van der Waals surface area contributed by atoms with E-state index in [0.29, 0.717) is 18.8 Å². The van der Waals surface area contributed by atoms with Crippen LogP contribution in [0.1, 0.15) is 13.3 Å². The number of carbonyl (C=O) groups is 1. The van der Waals surface area contributed by atoms with Gasteiger partial charge in [0, 0.05) is 25.7 Å². The Morgan fingerprint density at radius 2 is 2.37 bits per heavy atom. The third-order valence-electron chi connectivity index (χ3n) is 3.31. The number of rotatable bonds is 3. The van der Waals surface area contributed by atoms with Crippen LogP contribution in [0.4, 0.5) is 10.6 Å². The lowest BCUT2D eigenvalue weighted by atomic mass is 10.2. The maximum absolute atomic E-state index is 12.2. The molecule has 1 unspecified atom stereocenters. The van der Waals surface area contributed by atoms with E-state index in [4.69, 9.17) is 0 Å². The molecule has 2 heterocycles. The molecule has 0 saturated carbocycles. The highest BCUT2D eigenvalue weighted by Gasteiger charge is 2.34. The fourth-order valence-corrected chi connectivity index (χ4v) is 4.00. The number of anilines is 1. The summed E-state index contributed by atoms with van der Waals surface area (Å²) >= 11 is 0. The monoisotopic (exact) mass is 286 g/mol. The second-order valence-corrected chi connectivity index (χ2v) is 6.84. The first kappa shape index (κ1) is 13.9. The minimum absolute atomic E-state index is 0.0552.